The van der Waals surface area contributed by atoms with Crippen molar-refractivity contribution in [2.45, 2.75) is 25.4 Å². The molecule has 1 aromatic heterocycles. The molecule has 0 radical (unpaired) electrons. The van der Waals surface area contributed by atoms with E-state index in [1.54, 1.807) is 0 Å². The van der Waals surface area contributed by atoms with Crippen LogP contribution in [-0.2, 0) is 5.41 Å². The highest BCUT2D eigenvalue weighted by Crippen LogP contribution is 2.52. The molecule has 46 heavy (non-hydrogen) atoms. The number of hydrogen-bond acceptors (Lipinski definition) is 3. The first-order chi connectivity index (χ1) is 22.6. The van der Waals surface area contributed by atoms with Gasteiger partial charge in [-0.1, -0.05) is 141 Å². The Balaban J connectivity index is 1.21. The van der Waals surface area contributed by atoms with Crippen LogP contribution in [0.5, 0.6) is 0 Å². The SMILES string of the molecule is CC1(C)c2ccccc2-c2ccc3c4ccccc4n(-c4ccc(C5N=C(c6ccccc6)NC(c6ccccc6)=N5)cc4)c3c21. The summed E-state index contributed by atoms with van der Waals surface area (Å²) in [6.45, 7) is 4.73. The summed E-state index contributed by atoms with van der Waals surface area (Å²) in [7, 11) is 0. The summed E-state index contributed by atoms with van der Waals surface area (Å²) in [5, 5.41) is 6.05. The normalized spacial score (nSPS) is 15.3. The van der Waals surface area contributed by atoms with E-state index in [9.17, 15) is 0 Å². The maximum Gasteiger partial charge on any atom is 0.169 e. The van der Waals surface area contributed by atoms with E-state index in [-0.39, 0.29) is 11.6 Å². The molecule has 0 atom stereocenters. The van der Waals surface area contributed by atoms with E-state index in [2.05, 4.69) is 133 Å². The Hall–Kier alpha value is -5.74. The van der Waals surface area contributed by atoms with Crippen molar-refractivity contribution in [2.75, 3.05) is 0 Å². The van der Waals surface area contributed by atoms with Crippen LogP contribution in [0.25, 0.3) is 38.6 Å². The average molecular weight is 593 g/mol. The van der Waals surface area contributed by atoms with Crippen LogP contribution < -0.4 is 5.32 Å². The summed E-state index contributed by atoms with van der Waals surface area (Å²) >= 11 is 0. The zero-order valence-electron chi connectivity index (χ0n) is 25.8. The van der Waals surface area contributed by atoms with Gasteiger partial charge in [0.25, 0.3) is 0 Å². The van der Waals surface area contributed by atoms with Gasteiger partial charge in [0.1, 0.15) is 11.7 Å². The number of aliphatic imine (C=N–C) groups is 2. The molecule has 1 aliphatic carbocycles. The van der Waals surface area contributed by atoms with Crippen molar-refractivity contribution in [1.29, 1.82) is 0 Å². The van der Waals surface area contributed by atoms with Gasteiger partial charge >= 0.3 is 0 Å². The van der Waals surface area contributed by atoms with Gasteiger partial charge in [-0.25, -0.2) is 9.98 Å². The van der Waals surface area contributed by atoms with Crippen LogP contribution >= 0.6 is 0 Å². The first kappa shape index (κ1) is 26.6. The molecule has 0 fully saturated rings. The molecular formula is C42H32N4. The Labute approximate surface area is 268 Å². The first-order valence-corrected chi connectivity index (χ1v) is 15.9. The van der Waals surface area contributed by atoms with Crippen molar-refractivity contribution in [3.63, 3.8) is 0 Å². The van der Waals surface area contributed by atoms with Crippen LogP contribution in [0, 0.1) is 0 Å². The monoisotopic (exact) mass is 592 g/mol. The molecule has 2 aliphatic rings. The van der Waals surface area contributed by atoms with Gasteiger partial charge < -0.3 is 9.88 Å². The summed E-state index contributed by atoms with van der Waals surface area (Å²) in [6, 6.07) is 51.7. The highest BCUT2D eigenvalue weighted by atomic mass is 15.2. The predicted octanol–water partition coefficient (Wildman–Crippen LogP) is 9.59. The van der Waals surface area contributed by atoms with Crippen LogP contribution in [0.4, 0.5) is 0 Å². The van der Waals surface area contributed by atoms with Gasteiger partial charge in [-0.3, -0.25) is 0 Å². The molecule has 0 spiro atoms. The minimum Gasteiger partial charge on any atom is -0.324 e. The van der Waals surface area contributed by atoms with Crippen LogP contribution in [0.1, 0.15) is 47.8 Å². The van der Waals surface area contributed by atoms with Crippen molar-refractivity contribution >= 4 is 33.5 Å². The Morgan fingerprint density at radius 1 is 0.565 bits per heavy atom. The lowest BCUT2D eigenvalue weighted by Gasteiger charge is -2.24. The third-order valence-corrected chi connectivity index (χ3v) is 9.64. The zero-order valence-corrected chi connectivity index (χ0v) is 25.8. The van der Waals surface area contributed by atoms with Crippen LogP contribution in [0.15, 0.2) is 156 Å². The summed E-state index contributed by atoms with van der Waals surface area (Å²) in [5.41, 5.74) is 12.0. The van der Waals surface area contributed by atoms with Gasteiger partial charge in [-0.2, -0.15) is 0 Å². The van der Waals surface area contributed by atoms with Crippen LogP contribution in [-0.4, -0.2) is 16.2 Å². The number of aromatic nitrogens is 1. The largest absolute Gasteiger partial charge is 0.324 e. The molecule has 4 heteroatoms. The fourth-order valence-electron chi connectivity index (χ4n) is 7.46. The molecule has 1 aliphatic heterocycles. The number of nitrogens with zero attached hydrogens (tertiary/aromatic N) is 3. The van der Waals surface area contributed by atoms with Crippen molar-refractivity contribution in [3.8, 4) is 16.8 Å². The third-order valence-electron chi connectivity index (χ3n) is 9.64. The lowest BCUT2D eigenvalue weighted by Crippen LogP contribution is -2.35. The van der Waals surface area contributed by atoms with E-state index in [1.807, 2.05) is 36.4 Å². The maximum atomic E-state index is 5.09. The molecule has 220 valence electrons. The second-order valence-electron chi connectivity index (χ2n) is 12.7. The number of nitrogens with one attached hydrogen (secondary N) is 1. The molecule has 9 rings (SSSR count). The Kier molecular flexibility index (Phi) is 5.88. The minimum absolute atomic E-state index is 0.127. The van der Waals surface area contributed by atoms with Crippen molar-refractivity contribution in [3.05, 3.63) is 173 Å². The summed E-state index contributed by atoms with van der Waals surface area (Å²) in [6.07, 6.45) is -0.364. The number of benzene rings is 6. The number of fused-ring (bicyclic) bond motifs is 7. The lowest BCUT2D eigenvalue weighted by molar-refractivity contribution is 0.664. The van der Waals surface area contributed by atoms with Gasteiger partial charge in [0.05, 0.1) is 11.0 Å². The lowest BCUT2D eigenvalue weighted by atomic mass is 9.81. The van der Waals surface area contributed by atoms with Gasteiger partial charge in [0, 0.05) is 33.0 Å². The first-order valence-electron chi connectivity index (χ1n) is 15.9. The molecule has 0 unspecified atom stereocenters. The number of para-hydroxylation sites is 1. The fraction of sp³-hybridized carbons (Fsp3) is 0.0952. The molecule has 2 heterocycles. The molecule has 0 saturated carbocycles. The smallest absolute Gasteiger partial charge is 0.169 e. The summed E-state index contributed by atoms with van der Waals surface area (Å²) in [5.74, 6) is 1.64. The third kappa shape index (κ3) is 4.00. The molecule has 1 N–H and O–H groups in total. The molecule has 7 aromatic rings. The molecule has 0 bridgehead atoms. The highest BCUT2D eigenvalue weighted by Gasteiger charge is 2.38. The van der Waals surface area contributed by atoms with E-state index in [4.69, 9.17) is 9.98 Å². The second-order valence-corrected chi connectivity index (χ2v) is 12.7. The Bertz CT molecular complexity index is 2290. The maximum absolute atomic E-state index is 5.09. The molecule has 4 nitrogen and oxygen atoms in total. The number of amidine groups is 2. The van der Waals surface area contributed by atoms with Crippen LogP contribution in [0.3, 0.4) is 0 Å². The summed E-state index contributed by atoms with van der Waals surface area (Å²) in [4.78, 5) is 10.2. The quantitative estimate of drug-likeness (QED) is 0.217. The molecular weight excluding hydrogens is 560 g/mol. The second kappa shape index (κ2) is 10.1. The average Bonchev–Trinajstić information content (AvgIpc) is 3.57. The van der Waals surface area contributed by atoms with Crippen LogP contribution in [0.2, 0.25) is 0 Å². The Morgan fingerprint density at radius 2 is 1.17 bits per heavy atom. The van der Waals surface area contributed by atoms with Crippen molar-refractivity contribution in [2.24, 2.45) is 9.98 Å². The minimum atomic E-state index is -0.364. The van der Waals surface area contributed by atoms with E-state index >= 15 is 0 Å². The topological polar surface area (TPSA) is 41.7 Å². The zero-order chi connectivity index (χ0) is 30.8. The van der Waals surface area contributed by atoms with Gasteiger partial charge in [0.15, 0.2) is 6.17 Å². The number of rotatable bonds is 4. The van der Waals surface area contributed by atoms with Gasteiger partial charge in [0.2, 0.25) is 0 Å². The summed E-state index contributed by atoms with van der Waals surface area (Å²) < 4.78 is 2.46. The number of hydrogen-bond donors (Lipinski definition) is 1. The van der Waals surface area contributed by atoms with E-state index < -0.39 is 0 Å². The van der Waals surface area contributed by atoms with E-state index in [1.165, 1.54) is 44.1 Å². The molecule has 6 aromatic carbocycles. The van der Waals surface area contributed by atoms with E-state index in [0.29, 0.717) is 0 Å². The molecule has 0 saturated heterocycles. The van der Waals surface area contributed by atoms with Crippen molar-refractivity contribution in [1.82, 2.24) is 9.88 Å². The fourth-order valence-corrected chi connectivity index (χ4v) is 7.46. The van der Waals surface area contributed by atoms with Gasteiger partial charge in [-0.15, -0.1) is 0 Å². The Morgan fingerprint density at radius 3 is 1.87 bits per heavy atom. The van der Waals surface area contributed by atoms with E-state index in [0.717, 1.165) is 34.0 Å². The predicted molar refractivity (Wildman–Crippen MR) is 190 cm³/mol. The standard InChI is InChI=1S/C42H32N4/c1-42(2)35-19-11-9-17-31(35)33-25-26-34-32-18-10-12-20-36(32)46(38(34)37(33)42)30-23-21-29(22-24-30)41-44-39(27-13-5-3-6-14-27)43-40(45-41)28-15-7-4-8-16-28/h3-26,41H,1-2H3,(H,43,44,45). The molecule has 0 amide bonds. The van der Waals surface area contributed by atoms with Gasteiger partial charge in [-0.05, 0) is 46.0 Å². The highest BCUT2D eigenvalue weighted by molar-refractivity contribution is 6.16. The van der Waals surface area contributed by atoms with Crippen molar-refractivity contribution < 1.29 is 0 Å².